The highest BCUT2D eigenvalue weighted by Crippen LogP contribution is 2.42. The fourth-order valence-corrected chi connectivity index (χ4v) is 3.36. The molecule has 1 unspecified atom stereocenters. The first-order valence-electron chi connectivity index (χ1n) is 7.55. The fourth-order valence-electron chi connectivity index (χ4n) is 3.36. The molecule has 3 rings (SSSR count). The molecule has 2 aliphatic rings. The molecule has 0 radical (unpaired) electrons. The topological polar surface area (TPSA) is 87.8 Å². The van der Waals surface area contributed by atoms with Gasteiger partial charge in [-0.1, -0.05) is 6.07 Å². The molecule has 1 aromatic carbocycles. The van der Waals surface area contributed by atoms with Crippen LogP contribution in [0.5, 0.6) is 5.75 Å². The minimum absolute atomic E-state index is 0.111. The lowest BCUT2D eigenvalue weighted by Gasteiger charge is -2.44. The number of carbonyl (C=O) groups excluding carboxylic acids is 1. The Bertz CT molecular complexity index is 645. The van der Waals surface area contributed by atoms with Crippen LogP contribution in [0.25, 0.3) is 0 Å². The number of ether oxygens (including phenoxy) is 1. The lowest BCUT2D eigenvalue weighted by molar-refractivity contribution is -0.151. The van der Waals surface area contributed by atoms with E-state index in [-0.39, 0.29) is 11.4 Å². The number of amides is 2. The van der Waals surface area contributed by atoms with Crippen LogP contribution in [0.3, 0.4) is 0 Å². The maximum Gasteiger partial charge on any atom is 0.410 e. The molecule has 1 atom stereocenters. The van der Waals surface area contributed by atoms with Crippen molar-refractivity contribution in [2.45, 2.75) is 30.6 Å². The first-order valence-corrected chi connectivity index (χ1v) is 7.55. The van der Waals surface area contributed by atoms with Crippen molar-refractivity contribution in [3.8, 4) is 5.75 Å². The standard InChI is InChI=1S/C15H18F3N3O3/c16-15(17,18)12-8-21(13(23)20-12)14(3-5-24-6-4-14)9-1-2-11(22)10(19)7-9/h1-2,7,12,22H,3-6,8,19H2,(H,20,23). The molecule has 2 heterocycles. The van der Waals surface area contributed by atoms with Crippen molar-refractivity contribution in [1.82, 2.24) is 10.2 Å². The highest BCUT2D eigenvalue weighted by atomic mass is 19.4. The zero-order valence-corrected chi connectivity index (χ0v) is 12.8. The molecule has 2 saturated heterocycles. The molecule has 0 saturated carbocycles. The minimum atomic E-state index is -4.51. The molecule has 2 fully saturated rings. The van der Waals surface area contributed by atoms with Gasteiger partial charge in [0.05, 0.1) is 17.8 Å². The second-order valence-electron chi connectivity index (χ2n) is 6.07. The molecule has 6 nitrogen and oxygen atoms in total. The summed E-state index contributed by atoms with van der Waals surface area (Å²) in [5.41, 5.74) is 5.51. The van der Waals surface area contributed by atoms with E-state index < -0.39 is 30.3 Å². The highest BCUT2D eigenvalue weighted by molar-refractivity contribution is 5.78. The van der Waals surface area contributed by atoms with E-state index in [9.17, 15) is 23.1 Å². The number of phenolic OH excluding ortho intramolecular Hbond substituents is 1. The Hall–Kier alpha value is -2.16. The van der Waals surface area contributed by atoms with Gasteiger partial charge in [0.25, 0.3) is 0 Å². The molecule has 2 aliphatic heterocycles. The monoisotopic (exact) mass is 345 g/mol. The Balaban J connectivity index is 2.00. The highest BCUT2D eigenvalue weighted by Gasteiger charge is 2.53. The Kier molecular flexibility index (Phi) is 3.98. The number of carbonyl (C=O) groups is 1. The summed E-state index contributed by atoms with van der Waals surface area (Å²) in [5, 5.41) is 11.6. The van der Waals surface area contributed by atoms with E-state index in [1.165, 1.54) is 17.0 Å². The number of rotatable bonds is 2. The number of benzene rings is 1. The number of halogens is 3. The van der Waals surface area contributed by atoms with Gasteiger partial charge < -0.3 is 25.8 Å². The largest absolute Gasteiger partial charge is 0.506 e. The number of nitrogens with two attached hydrogens (primary N) is 1. The van der Waals surface area contributed by atoms with Gasteiger partial charge in [-0.05, 0) is 30.5 Å². The van der Waals surface area contributed by atoms with Crippen LogP contribution in [0.1, 0.15) is 18.4 Å². The number of urea groups is 1. The molecular weight excluding hydrogens is 327 g/mol. The number of hydrogen-bond acceptors (Lipinski definition) is 4. The second-order valence-corrected chi connectivity index (χ2v) is 6.07. The number of aromatic hydroxyl groups is 1. The van der Waals surface area contributed by atoms with Crippen LogP contribution in [0.2, 0.25) is 0 Å². The number of phenols is 1. The van der Waals surface area contributed by atoms with Crippen molar-refractivity contribution in [2.24, 2.45) is 0 Å². The van der Waals surface area contributed by atoms with E-state index in [2.05, 4.69) is 0 Å². The molecule has 0 spiro atoms. The third-order valence-corrected chi connectivity index (χ3v) is 4.70. The summed E-state index contributed by atoms with van der Waals surface area (Å²) >= 11 is 0. The Labute approximate surface area is 136 Å². The van der Waals surface area contributed by atoms with Crippen LogP contribution in [0, 0.1) is 0 Å². The normalized spacial score (nSPS) is 24.0. The van der Waals surface area contributed by atoms with Crippen LogP contribution in [-0.4, -0.2) is 48.0 Å². The molecule has 0 aromatic heterocycles. The first-order chi connectivity index (χ1) is 11.2. The van der Waals surface area contributed by atoms with E-state index in [4.69, 9.17) is 10.5 Å². The molecule has 0 bridgehead atoms. The fraction of sp³-hybridized carbons (Fsp3) is 0.533. The number of anilines is 1. The van der Waals surface area contributed by atoms with Gasteiger partial charge in [0, 0.05) is 13.2 Å². The van der Waals surface area contributed by atoms with E-state index in [1.807, 2.05) is 5.32 Å². The summed E-state index contributed by atoms with van der Waals surface area (Å²) in [6, 6.07) is 1.82. The van der Waals surface area contributed by atoms with Gasteiger partial charge in [-0.25, -0.2) is 4.79 Å². The third-order valence-electron chi connectivity index (χ3n) is 4.70. The maximum atomic E-state index is 13.0. The summed E-state index contributed by atoms with van der Waals surface area (Å²) in [7, 11) is 0. The van der Waals surface area contributed by atoms with Crippen molar-refractivity contribution < 1.29 is 27.8 Å². The zero-order chi connectivity index (χ0) is 17.5. The molecule has 9 heteroatoms. The molecule has 4 N–H and O–H groups in total. The number of nitrogens with zero attached hydrogens (tertiary/aromatic N) is 1. The van der Waals surface area contributed by atoms with Crippen LogP contribution in [0.4, 0.5) is 23.7 Å². The van der Waals surface area contributed by atoms with Crippen molar-refractivity contribution in [2.75, 3.05) is 25.5 Å². The van der Waals surface area contributed by atoms with Crippen molar-refractivity contribution in [1.29, 1.82) is 0 Å². The van der Waals surface area contributed by atoms with Gasteiger partial charge in [-0.3, -0.25) is 0 Å². The molecule has 24 heavy (non-hydrogen) atoms. The van der Waals surface area contributed by atoms with Crippen LogP contribution < -0.4 is 11.1 Å². The number of nitrogens with one attached hydrogen (secondary N) is 1. The predicted molar refractivity (Wildman–Crippen MR) is 79.3 cm³/mol. The average molecular weight is 345 g/mol. The summed E-state index contributed by atoms with van der Waals surface area (Å²) < 4.78 is 44.3. The molecule has 1 aromatic rings. The van der Waals surface area contributed by atoms with Gasteiger partial charge in [0.15, 0.2) is 0 Å². The molecule has 132 valence electrons. The van der Waals surface area contributed by atoms with Gasteiger partial charge in [0.1, 0.15) is 11.8 Å². The van der Waals surface area contributed by atoms with Crippen molar-refractivity contribution in [3.63, 3.8) is 0 Å². The summed E-state index contributed by atoms with van der Waals surface area (Å²) in [6.45, 7) is 0.172. The van der Waals surface area contributed by atoms with E-state index >= 15 is 0 Å². The average Bonchev–Trinajstić information content (AvgIpc) is 2.93. The predicted octanol–water partition coefficient (Wildman–Crippen LogP) is 1.94. The summed E-state index contributed by atoms with van der Waals surface area (Å²) in [4.78, 5) is 13.5. The number of alkyl halides is 3. The Morgan fingerprint density at radius 2 is 2.00 bits per heavy atom. The Morgan fingerprint density at radius 1 is 1.33 bits per heavy atom. The van der Waals surface area contributed by atoms with Crippen LogP contribution in [-0.2, 0) is 10.3 Å². The lowest BCUT2D eigenvalue weighted by Crippen LogP contribution is -2.51. The Morgan fingerprint density at radius 3 is 2.54 bits per heavy atom. The van der Waals surface area contributed by atoms with Gasteiger partial charge in [-0.15, -0.1) is 0 Å². The van der Waals surface area contributed by atoms with Gasteiger partial charge in [-0.2, -0.15) is 13.2 Å². The smallest absolute Gasteiger partial charge is 0.410 e. The SMILES string of the molecule is Nc1cc(C2(N3CC(C(F)(F)F)NC3=O)CCOCC2)ccc1O. The quantitative estimate of drug-likeness (QED) is 0.565. The minimum Gasteiger partial charge on any atom is -0.506 e. The van der Waals surface area contributed by atoms with Crippen LogP contribution in [0.15, 0.2) is 18.2 Å². The van der Waals surface area contributed by atoms with Crippen molar-refractivity contribution >= 4 is 11.7 Å². The molecule has 0 aliphatic carbocycles. The number of nitrogen functional groups attached to an aromatic ring is 1. The van der Waals surface area contributed by atoms with E-state index in [0.717, 1.165) is 0 Å². The first kappa shape index (κ1) is 16.7. The van der Waals surface area contributed by atoms with Gasteiger partial charge >= 0.3 is 12.2 Å². The lowest BCUT2D eigenvalue weighted by atomic mass is 9.80. The summed E-state index contributed by atoms with van der Waals surface area (Å²) in [5.74, 6) is -0.111. The van der Waals surface area contributed by atoms with Gasteiger partial charge in [0.2, 0.25) is 0 Å². The zero-order valence-electron chi connectivity index (χ0n) is 12.8. The van der Waals surface area contributed by atoms with E-state index in [1.54, 1.807) is 6.07 Å². The van der Waals surface area contributed by atoms with Crippen molar-refractivity contribution in [3.05, 3.63) is 23.8 Å². The number of hydrogen-bond donors (Lipinski definition) is 3. The van der Waals surface area contributed by atoms with E-state index in [0.29, 0.717) is 31.6 Å². The molecular formula is C15H18F3N3O3. The summed E-state index contributed by atoms with van der Waals surface area (Å²) in [6.07, 6.45) is -3.80. The molecule has 2 amide bonds. The second kappa shape index (κ2) is 5.73. The third kappa shape index (κ3) is 2.72. The van der Waals surface area contributed by atoms with Crippen LogP contribution >= 0.6 is 0 Å². The maximum absolute atomic E-state index is 13.0.